The van der Waals surface area contributed by atoms with Gasteiger partial charge in [0.05, 0.1) is 0 Å². The summed E-state index contributed by atoms with van der Waals surface area (Å²) < 4.78 is 6.34. The first kappa shape index (κ1) is 16.3. The van der Waals surface area contributed by atoms with Gasteiger partial charge in [0.25, 0.3) is 0 Å². The molecule has 7 rings (SSSR count). The molecule has 0 radical (unpaired) electrons. The Morgan fingerprint density at radius 2 is 1.20 bits per heavy atom. The van der Waals surface area contributed by atoms with Crippen LogP contribution in [0.5, 0.6) is 0 Å². The Kier molecular flexibility index (Phi) is 3.27. The van der Waals surface area contributed by atoms with Gasteiger partial charge in [0.2, 0.25) is 0 Å². The van der Waals surface area contributed by atoms with Crippen molar-refractivity contribution in [2.24, 2.45) is 0 Å². The van der Waals surface area contributed by atoms with Gasteiger partial charge in [-0.25, -0.2) is 0 Å². The van der Waals surface area contributed by atoms with E-state index < -0.39 is 0 Å². The Hall–Kier alpha value is -3.49. The van der Waals surface area contributed by atoms with Gasteiger partial charge < -0.3 is 4.42 Å². The molecule has 0 saturated carbocycles. The van der Waals surface area contributed by atoms with Gasteiger partial charge in [-0.2, -0.15) is 0 Å². The third-order valence-corrected chi connectivity index (χ3v) is 7.23. The molecule has 0 atom stereocenters. The Labute approximate surface area is 178 Å². The molecule has 1 nitrogen and oxygen atoms in total. The molecule has 140 valence electrons. The average Bonchev–Trinajstić information content (AvgIpc) is 3.19. The summed E-state index contributed by atoms with van der Waals surface area (Å²) in [5, 5.41) is 4.96. The first-order valence-electron chi connectivity index (χ1n) is 10.1. The van der Waals surface area contributed by atoms with Crippen LogP contribution in [0.15, 0.2) is 111 Å². The number of benzene rings is 5. The van der Waals surface area contributed by atoms with Crippen molar-refractivity contribution < 1.29 is 4.42 Å². The highest BCUT2D eigenvalue weighted by molar-refractivity contribution is 7.99. The topological polar surface area (TPSA) is 13.1 Å². The van der Waals surface area contributed by atoms with Crippen molar-refractivity contribution in [1.82, 2.24) is 0 Å². The summed E-state index contributed by atoms with van der Waals surface area (Å²) in [6.07, 6.45) is 0. The SMILES string of the molecule is c1ccc2c(c1)Sc1ccc(-c3cccc4c3oc3ccccc34)c3cccc-2c13. The molecule has 0 saturated heterocycles. The highest BCUT2D eigenvalue weighted by Gasteiger charge is 2.21. The summed E-state index contributed by atoms with van der Waals surface area (Å²) in [5.74, 6) is 0. The lowest BCUT2D eigenvalue weighted by Gasteiger charge is -2.21. The van der Waals surface area contributed by atoms with E-state index in [9.17, 15) is 0 Å². The molecule has 0 bridgehead atoms. The maximum atomic E-state index is 6.34. The summed E-state index contributed by atoms with van der Waals surface area (Å²) in [6, 6.07) is 34.6. The van der Waals surface area contributed by atoms with Crippen LogP contribution >= 0.6 is 11.8 Å². The van der Waals surface area contributed by atoms with Crippen LogP contribution < -0.4 is 0 Å². The van der Waals surface area contributed by atoms with Gasteiger partial charge in [-0.05, 0) is 40.3 Å². The molecule has 2 heteroatoms. The summed E-state index contributed by atoms with van der Waals surface area (Å²) in [4.78, 5) is 2.64. The fraction of sp³-hybridized carbons (Fsp3) is 0. The molecule has 6 aromatic rings. The zero-order chi connectivity index (χ0) is 19.7. The quantitative estimate of drug-likeness (QED) is 0.274. The lowest BCUT2D eigenvalue weighted by Crippen LogP contribution is -1.94. The largest absolute Gasteiger partial charge is 0.455 e. The van der Waals surface area contributed by atoms with Crippen molar-refractivity contribution in [3.8, 4) is 22.3 Å². The molecule has 30 heavy (non-hydrogen) atoms. The number of para-hydroxylation sites is 2. The molecule has 0 spiro atoms. The van der Waals surface area contributed by atoms with Crippen LogP contribution in [0.3, 0.4) is 0 Å². The van der Waals surface area contributed by atoms with Gasteiger partial charge in [-0.15, -0.1) is 0 Å². The van der Waals surface area contributed by atoms with E-state index in [0.717, 1.165) is 16.7 Å². The van der Waals surface area contributed by atoms with Crippen molar-refractivity contribution in [3.63, 3.8) is 0 Å². The first-order valence-corrected chi connectivity index (χ1v) is 10.9. The molecular weight excluding hydrogens is 384 g/mol. The Bertz CT molecular complexity index is 1620. The molecule has 0 amide bonds. The lowest BCUT2D eigenvalue weighted by atomic mass is 9.92. The van der Waals surface area contributed by atoms with Crippen molar-refractivity contribution in [1.29, 1.82) is 0 Å². The Morgan fingerprint density at radius 1 is 0.467 bits per heavy atom. The molecule has 0 N–H and O–H groups in total. The first-order chi connectivity index (χ1) is 14.9. The molecule has 0 unspecified atom stereocenters. The number of furan rings is 1. The maximum absolute atomic E-state index is 6.34. The molecule has 1 aliphatic rings. The minimum absolute atomic E-state index is 0.937. The maximum Gasteiger partial charge on any atom is 0.143 e. The number of rotatable bonds is 1. The molecular formula is C28H16OS. The van der Waals surface area contributed by atoms with Gasteiger partial charge in [-0.3, -0.25) is 0 Å². The molecule has 5 aromatic carbocycles. The van der Waals surface area contributed by atoms with Crippen LogP contribution in [0.4, 0.5) is 0 Å². The molecule has 1 aromatic heterocycles. The molecule has 0 aliphatic carbocycles. The third kappa shape index (κ3) is 2.14. The van der Waals surface area contributed by atoms with E-state index >= 15 is 0 Å². The highest BCUT2D eigenvalue weighted by atomic mass is 32.2. The summed E-state index contributed by atoms with van der Waals surface area (Å²) in [7, 11) is 0. The second kappa shape index (κ2) is 6.01. The van der Waals surface area contributed by atoms with E-state index in [1.165, 1.54) is 48.0 Å². The predicted octanol–water partition coefficient (Wildman–Crippen LogP) is 8.54. The normalized spacial score (nSPS) is 12.5. The summed E-state index contributed by atoms with van der Waals surface area (Å²) >= 11 is 1.86. The lowest BCUT2D eigenvalue weighted by molar-refractivity contribution is 0.670. The van der Waals surface area contributed by atoms with Gasteiger partial charge in [0, 0.05) is 31.5 Å². The van der Waals surface area contributed by atoms with Crippen LogP contribution in [-0.4, -0.2) is 0 Å². The minimum atomic E-state index is 0.937. The van der Waals surface area contributed by atoms with Gasteiger partial charge >= 0.3 is 0 Å². The molecule has 1 aliphatic heterocycles. The second-order valence-electron chi connectivity index (χ2n) is 7.72. The Morgan fingerprint density at radius 3 is 2.17 bits per heavy atom. The van der Waals surface area contributed by atoms with Crippen LogP contribution in [-0.2, 0) is 0 Å². The van der Waals surface area contributed by atoms with Crippen molar-refractivity contribution in [3.05, 3.63) is 97.1 Å². The van der Waals surface area contributed by atoms with Gasteiger partial charge in [-0.1, -0.05) is 90.6 Å². The van der Waals surface area contributed by atoms with Crippen LogP contribution in [0.25, 0.3) is 55.0 Å². The second-order valence-corrected chi connectivity index (χ2v) is 8.80. The minimum Gasteiger partial charge on any atom is -0.455 e. The fourth-order valence-corrected chi connectivity index (χ4v) is 5.90. The van der Waals surface area contributed by atoms with E-state index in [4.69, 9.17) is 4.42 Å². The number of fused-ring (bicyclic) bond motifs is 5. The summed E-state index contributed by atoms with van der Waals surface area (Å²) in [6.45, 7) is 0. The van der Waals surface area contributed by atoms with Crippen LogP contribution in [0.2, 0.25) is 0 Å². The summed E-state index contributed by atoms with van der Waals surface area (Å²) in [5.41, 5.74) is 6.90. The number of hydrogen-bond acceptors (Lipinski definition) is 2. The zero-order valence-electron chi connectivity index (χ0n) is 16.1. The van der Waals surface area contributed by atoms with Crippen LogP contribution in [0, 0.1) is 0 Å². The smallest absolute Gasteiger partial charge is 0.143 e. The van der Waals surface area contributed by atoms with E-state index in [0.29, 0.717) is 0 Å². The standard InChI is InChI=1S/C28H16OS/c1-3-13-24-18(7-1)23-12-6-11-22(28(23)29-24)17-15-16-26-27-20(17)9-5-10-21(27)19-8-2-4-14-25(19)30-26/h1-16H. The fourth-order valence-electron chi connectivity index (χ4n) is 4.77. The molecule has 2 heterocycles. The highest BCUT2D eigenvalue weighted by Crippen LogP contribution is 2.50. The third-order valence-electron chi connectivity index (χ3n) is 6.09. The van der Waals surface area contributed by atoms with E-state index in [-0.39, 0.29) is 0 Å². The van der Waals surface area contributed by atoms with Gasteiger partial charge in [0.1, 0.15) is 11.2 Å². The van der Waals surface area contributed by atoms with Crippen molar-refractivity contribution in [2.75, 3.05) is 0 Å². The van der Waals surface area contributed by atoms with E-state index in [1.54, 1.807) is 0 Å². The van der Waals surface area contributed by atoms with Crippen molar-refractivity contribution >= 4 is 44.5 Å². The predicted molar refractivity (Wildman–Crippen MR) is 126 cm³/mol. The molecule has 0 fully saturated rings. The van der Waals surface area contributed by atoms with Crippen molar-refractivity contribution in [2.45, 2.75) is 9.79 Å². The van der Waals surface area contributed by atoms with E-state index in [2.05, 4.69) is 84.9 Å². The van der Waals surface area contributed by atoms with Crippen LogP contribution in [0.1, 0.15) is 0 Å². The Balaban J connectivity index is 1.58. The monoisotopic (exact) mass is 400 g/mol. The van der Waals surface area contributed by atoms with E-state index in [1.807, 2.05) is 23.9 Å². The zero-order valence-corrected chi connectivity index (χ0v) is 16.9. The average molecular weight is 401 g/mol. The number of hydrogen-bond donors (Lipinski definition) is 0. The van der Waals surface area contributed by atoms with Gasteiger partial charge in [0.15, 0.2) is 0 Å².